The molecule has 0 radical (unpaired) electrons. The molecule has 3 aromatic rings. The normalized spacial score (nSPS) is 10.6. The Kier molecular flexibility index (Phi) is 4.74. The van der Waals surface area contributed by atoms with Crippen molar-refractivity contribution in [2.24, 2.45) is 0 Å². The fourth-order valence-electron chi connectivity index (χ4n) is 2.11. The maximum atomic E-state index is 14.1. The highest BCUT2D eigenvalue weighted by Crippen LogP contribution is 2.30. The number of hydrogen-bond donors (Lipinski definition) is 2. The van der Waals surface area contributed by atoms with E-state index < -0.39 is 5.82 Å². The zero-order valence-corrected chi connectivity index (χ0v) is 14.0. The van der Waals surface area contributed by atoms with Crippen LogP contribution in [0.25, 0.3) is 10.9 Å². The summed E-state index contributed by atoms with van der Waals surface area (Å²) in [6.45, 7) is 0. The summed E-state index contributed by atoms with van der Waals surface area (Å²) in [5.74, 6) is -0.361. The Labute approximate surface area is 146 Å². The van der Waals surface area contributed by atoms with E-state index in [1.807, 2.05) is 12.1 Å². The smallest absolute Gasteiger partial charge is 0.219 e. The van der Waals surface area contributed by atoms with Crippen LogP contribution >= 0.6 is 23.5 Å². The number of hydrogen-bond acceptors (Lipinski definition) is 6. The SMILES string of the molecule is COc1nc(NSc2n[nH]c3cc(Cl)ccc23)c(F)cc1CC#N. The summed E-state index contributed by atoms with van der Waals surface area (Å²) in [6.07, 6.45) is 0.0191. The molecule has 0 spiro atoms. The van der Waals surface area contributed by atoms with Crippen molar-refractivity contribution in [3.05, 3.63) is 40.7 Å². The van der Waals surface area contributed by atoms with E-state index in [-0.39, 0.29) is 18.1 Å². The van der Waals surface area contributed by atoms with Crippen molar-refractivity contribution in [1.29, 1.82) is 5.26 Å². The minimum atomic E-state index is -0.573. The van der Waals surface area contributed by atoms with Gasteiger partial charge in [0.15, 0.2) is 11.6 Å². The van der Waals surface area contributed by atoms with Crippen LogP contribution in [0.3, 0.4) is 0 Å². The first-order valence-corrected chi connectivity index (χ1v) is 7.98. The molecule has 0 unspecified atom stereocenters. The Bertz CT molecular complexity index is 939. The molecule has 0 saturated carbocycles. The second-order valence-electron chi connectivity index (χ2n) is 4.74. The van der Waals surface area contributed by atoms with Crippen molar-refractivity contribution in [1.82, 2.24) is 15.2 Å². The van der Waals surface area contributed by atoms with Gasteiger partial charge in [0.2, 0.25) is 5.88 Å². The molecule has 0 saturated heterocycles. The summed E-state index contributed by atoms with van der Waals surface area (Å²) < 4.78 is 22.1. The van der Waals surface area contributed by atoms with Crippen molar-refractivity contribution in [3.63, 3.8) is 0 Å². The first kappa shape index (κ1) is 16.4. The number of nitriles is 1. The predicted octanol–water partition coefficient (Wildman–Crippen LogP) is 3.94. The lowest BCUT2D eigenvalue weighted by Gasteiger charge is -2.09. The summed E-state index contributed by atoms with van der Waals surface area (Å²) >= 11 is 7.04. The van der Waals surface area contributed by atoms with Crippen molar-refractivity contribution in [3.8, 4) is 11.9 Å². The third-order valence-electron chi connectivity index (χ3n) is 3.21. The molecule has 6 nitrogen and oxygen atoms in total. The molecule has 24 heavy (non-hydrogen) atoms. The van der Waals surface area contributed by atoms with Crippen molar-refractivity contribution in [2.45, 2.75) is 11.4 Å². The van der Waals surface area contributed by atoms with Gasteiger partial charge < -0.3 is 9.46 Å². The van der Waals surface area contributed by atoms with Crippen molar-refractivity contribution >= 4 is 40.3 Å². The van der Waals surface area contributed by atoms with Gasteiger partial charge in [0, 0.05) is 27.9 Å². The Morgan fingerprint density at radius 2 is 2.29 bits per heavy atom. The molecule has 2 N–H and O–H groups in total. The standard InChI is InChI=1S/C15H11ClFN5OS/c1-23-14-8(4-5-18)6-11(17)13(19-14)22-24-15-10-3-2-9(16)7-12(10)20-21-15/h2-3,6-7H,4H2,1H3,(H,19,22)(H,20,21). The summed E-state index contributed by atoms with van der Waals surface area (Å²) in [5.41, 5.74) is 1.18. The van der Waals surface area contributed by atoms with Crippen LogP contribution in [0.15, 0.2) is 29.3 Å². The number of benzene rings is 1. The van der Waals surface area contributed by atoms with Gasteiger partial charge in [-0.1, -0.05) is 11.6 Å². The van der Waals surface area contributed by atoms with E-state index in [4.69, 9.17) is 21.6 Å². The van der Waals surface area contributed by atoms with E-state index in [1.54, 1.807) is 12.1 Å². The molecule has 0 bridgehead atoms. The third kappa shape index (κ3) is 3.22. The maximum absolute atomic E-state index is 14.1. The van der Waals surface area contributed by atoms with Crippen LogP contribution in [-0.2, 0) is 6.42 Å². The number of H-pyrrole nitrogens is 1. The molecule has 122 valence electrons. The van der Waals surface area contributed by atoms with Gasteiger partial charge in [0.25, 0.3) is 0 Å². The summed E-state index contributed by atoms with van der Waals surface area (Å²) in [6, 6.07) is 8.52. The lowest BCUT2D eigenvalue weighted by molar-refractivity contribution is 0.392. The number of anilines is 1. The molecule has 0 fully saturated rings. The Morgan fingerprint density at radius 1 is 1.46 bits per heavy atom. The molecule has 0 amide bonds. The molecule has 0 aliphatic rings. The first-order valence-electron chi connectivity index (χ1n) is 6.79. The first-order chi connectivity index (χ1) is 11.6. The average Bonchev–Trinajstić information content (AvgIpc) is 2.96. The van der Waals surface area contributed by atoms with Crippen LogP contribution in [0.2, 0.25) is 5.02 Å². The van der Waals surface area contributed by atoms with Crippen LogP contribution in [0, 0.1) is 17.1 Å². The number of pyridine rings is 1. The second-order valence-corrected chi connectivity index (χ2v) is 5.98. The number of methoxy groups -OCH3 is 1. The lowest BCUT2D eigenvalue weighted by Crippen LogP contribution is -2.01. The van der Waals surface area contributed by atoms with Gasteiger partial charge >= 0.3 is 0 Å². The number of ether oxygens (including phenoxy) is 1. The fourth-order valence-corrected chi connectivity index (χ4v) is 3.00. The molecule has 0 aliphatic heterocycles. The molecular weight excluding hydrogens is 353 g/mol. The molecular formula is C15H11ClFN5OS. The monoisotopic (exact) mass is 363 g/mol. The van der Waals surface area contributed by atoms with Crippen molar-refractivity contribution in [2.75, 3.05) is 11.8 Å². The number of nitrogens with zero attached hydrogens (tertiary/aromatic N) is 3. The number of nitrogens with one attached hydrogen (secondary N) is 2. The number of rotatable bonds is 5. The Balaban J connectivity index is 1.84. The topological polar surface area (TPSA) is 86.6 Å². The number of aromatic amines is 1. The van der Waals surface area contributed by atoms with Gasteiger partial charge in [-0.05, 0) is 24.3 Å². The highest BCUT2D eigenvalue weighted by Gasteiger charge is 2.14. The van der Waals surface area contributed by atoms with Gasteiger partial charge in [0.1, 0.15) is 5.03 Å². The number of fused-ring (bicyclic) bond motifs is 1. The summed E-state index contributed by atoms with van der Waals surface area (Å²) in [7, 11) is 1.42. The van der Waals surface area contributed by atoms with E-state index in [1.165, 1.54) is 13.2 Å². The van der Waals surface area contributed by atoms with Crippen molar-refractivity contribution < 1.29 is 9.13 Å². The van der Waals surface area contributed by atoms with Crippen LogP contribution < -0.4 is 9.46 Å². The maximum Gasteiger partial charge on any atom is 0.219 e. The highest BCUT2D eigenvalue weighted by atomic mass is 35.5. The quantitative estimate of drug-likeness (QED) is 0.667. The van der Waals surface area contributed by atoms with Gasteiger partial charge in [0.05, 0.1) is 25.1 Å². The Morgan fingerprint density at radius 3 is 3.04 bits per heavy atom. The van der Waals surface area contributed by atoms with Gasteiger partial charge in [-0.25, -0.2) is 4.39 Å². The third-order valence-corrected chi connectivity index (χ3v) is 4.25. The average molecular weight is 364 g/mol. The summed E-state index contributed by atoms with van der Waals surface area (Å²) in [4.78, 5) is 4.06. The molecule has 9 heteroatoms. The van der Waals surface area contributed by atoms with Gasteiger partial charge in [-0.2, -0.15) is 15.3 Å². The minimum Gasteiger partial charge on any atom is -0.481 e. The lowest BCUT2D eigenvalue weighted by atomic mass is 10.2. The highest BCUT2D eigenvalue weighted by molar-refractivity contribution is 8.00. The largest absolute Gasteiger partial charge is 0.481 e. The molecule has 2 heterocycles. The zero-order valence-electron chi connectivity index (χ0n) is 12.4. The van der Waals surface area contributed by atoms with Gasteiger partial charge in [-0.15, -0.1) is 0 Å². The van der Waals surface area contributed by atoms with Crippen LogP contribution in [-0.4, -0.2) is 22.3 Å². The fraction of sp³-hybridized carbons (Fsp3) is 0.133. The predicted molar refractivity (Wildman–Crippen MR) is 90.6 cm³/mol. The summed E-state index contributed by atoms with van der Waals surface area (Å²) in [5, 5.41) is 17.9. The minimum absolute atomic E-state index is 0.00338. The molecule has 2 aromatic heterocycles. The van der Waals surface area contributed by atoms with E-state index in [0.29, 0.717) is 15.6 Å². The van der Waals surface area contributed by atoms with Gasteiger partial charge in [-0.3, -0.25) is 5.10 Å². The molecule has 0 atom stereocenters. The Hall–Kier alpha value is -2.50. The zero-order chi connectivity index (χ0) is 17.1. The van der Waals surface area contributed by atoms with Crippen LogP contribution in [0.1, 0.15) is 5.56 Å². The molecule has 0 aliphatic carbocycles. The van der Waals surface area contributed by atoms with Crippen LogP contribution in [0.4, 0.5) is 10.2 Å². The van der Waals surface area contributed by atoms with E-state index in [0.717, 1.165) is 22.9 Å². The van der Waals surface area contributed by atoms with E-state index in [2.05, 4.69) is 19.9 Å². The second kappa shape index (κ2) is 6.95. The van der Waals surface area contributed by atoms with Crippen LogP contribution in [0.5, 0.6) is 5.88 Å². The number of halogens is 2. The number of aromatic nitrogens is 3. The molecule has 3 rings (SSSR count). The molecule has 1 aromatic carbocycles. The van der Waals surface area contributed by atoms with E-state index >= 15 is 0 Å². The van der Waals surface area contributed by atoms with E-state index in [9.17, 15) is 4.39 Å².